The Morgan fingerprint density at radius 2 is 2.00 bits per heavy atom. The monoisotopic (exact) mass is 175 g/mol. The predicted molar refractivity (Wildman–Crippen MR) is 57.7 cm³/mol. The van der Waals surface area contributed by atoms with Crippen LogP contribution in [0, 0.1) is 0 Å². The van der Waals surface area contributed by atoms with Crippen LogP contribution in [0.1, 0.15) is 24.8 Å². The van der Waals surface area contributed by atoms with E-state index in [9.17, 15) is 0 Å². The van der Waals surface area contributed by atoms with Crippen molar-refractivity contribution in [1.82, 2.24) is 0 Å². The van der Waals surface area contributed by atoms with Crippen molar-refractivity contribution in [1.29, 1.82) is 0 Å². The summed E-state index contributed by atoms with van der Waals surface area (Å²) in [5.41, 5.74) is 6.76. The Morgan fingerprint density at radius 1 is 1.31 bits per heavy atom. The van der Waals surface area contributed by atoms with Crippen molar-refractivity contribution in [3.05, 3.63) is 48.0 Å². The highest BCUT2D eigenvalue weighted by Crippen LogP contribution is 2.15. The second-order valence-electron chi connectivity index (χ2n) is 3.20. The van der Waals surface area contributed by atoms with Crippen molar-refractivity contribution < 1.29 is 0 Å². The molecule has 1 rings (SSSR count). The highest BCUT2D eigenvalue weighted by atomic mass is 14.5. The smallest absolute Gasteiger partial charge is 0.00104 e. The standard InChI is InChI=1S/C12H17N/c1-11(7-5-6-10-13)12-8-3-2-4-9-12/h2-5,7-9,11H,6,10,13H2,1H3. The number of hydrogen-bond acceptors (Lipinski definition) is 1. The van der Waals surface area contributed by atoms with E-state index in [1.807, 2.05) is 6.07 Å². The van der Waals surface area contributed by atoms with Gasteiger partial charge in [0.05, 0.1) is 0 Å². The molecular formula is C12H17N. The van der Waals surface area contributed by atoms with Gasteiger partial charge in [0.15, 0.2) is 0 Å². The SMILES string of the molecule is CC(C=CCCN)c1ccccc1. The van der Waals surface area contributed by atoms with Crippen molar-refractivity contribution in [2.24, 2.45) is 5.73 Å². The molecule has 0 bridgehead atoms. The van der Waals surface area contributed by atoms with Crippen molar-refractivity contribution in [2.75, 3.05) is 6.54 Å². The molecular weight excluding hydrogens is 158 g/mol. The molecule has 0 aliphatic carbocycles. The van der Waals surface area contributed by atoms with Crippen molar-refractivity contribution in [3.8, 4) is 0 Å². The summed E-state index contributed by atoms with van der Waals surface area (Å²) < 4.78 is 0. The van der Waals surface area contributed by atoms with Gasteiger partial charge in [0, 0.05) is 0 Å². The van der Waals surface area contributed by atoms with E-state index in [-0.39, 0.29) is 0 Å². The molecule has 0 heterocycles. The normalized spacial score (nSPS) is 13.4. The van der Waals surface area contributed by atoms with E-state index in [0.717, 1.165) is 13.0 Å². The Labute approximate surface area is 80.3 Å². The lowest BCUT2D eigenvalue weighted by Gasteiger charge is -2.05. The maximum Gasteiger partial charge on any atom is -0.00104 e. The van der Waals surface area contributed by atoms with Gasteiger partial charge in [-0.1, -0.05) is 49.4 Å². The van der Waals surface area contributed by atoms with E-state index in [4.69, 9.17) is 5.73 Å². The molecule has 2 N–H and O–H groups in total. The quantitative estimate of drug-likeness (QED) is 0.699. The van der Waals surface area contributed by atoms with Crippen LogP contribution in [0.2, 0.25) is 0 Å². The zero-order valence-electron chi connectivity index (χ0n) is 8.11. The van der Waals surface area contributed by atoms with Gasteiger partial charge in [0.1, 0.15) is 0 Å². The number of rotatable bonds is 4. The third-order valence-electron chi connectivity index (χ3n) is 2.08. The minimum absolute atomic E-state index is 0.493. The molecule has 0 saturated heterocycles. The average molecular weight is 175 g/mol. The lowest BCUT2D eigenvalue weighted by atomic mass is 10.0. The molecule has 1 atom stereocenters. The number of benzene rings is 1. The molecule has 0 aliphatic rings. The van der Waals surface area contributed by atoms with Crippen LogP contribution in [0.4, 0.5) is 0 Å². The van der Waals surface area contributed by atoms with Crippen LogP contribution in [0.3, 0.4) is 0 Å². The van der Waals surface area contributed by atoms with E-state index in [2.05, 4.69) is 43.3 Å². The van der Waals surface area contributed by atoms with Crippen molar-refractivity contribution in [3.63, 3.8) is 0 Å². The molecule has 1 aromatic rings. The van der Waals surface area contributed by atoms with Crippen LogP contribution in [-0.2, 0) is 0 Å². The molecule has 0 radical (unpaired) electrons. The number of allylic oxidation sites excluding steroid dienone is 1. The minimum Gasteiger partial charge on any atom is -0.330 e. The highest BCUT2D eigenvalue weighted by Gasteiger charge is 1.97. The summed E-state index contributed by atoms with van der Waals surface area (Å²) in [7, 11) is 0. The highest BCUT2D eigenvalue weighted by molar-refractivity contribution is 5.22. The fourth-order valence-corrected chi connectivity index (χ4v) is 1.26. The third-order valence-corrected chi connectivity index (χ3v) is 2.08. The topological polar surface area (TPSA) is 26.0 Å². The molecule has 1 heteroatoms. The van der Waals surface area contributed by atoms with Gasteiger partial charge in [0.25, 0.3) is 0 Å². The molecule has 0 fully saturated rings. The Balaban J connectivity index is 2.53. The zero-order valence-corrected chi connectivity index (χ0v) is 8.11. The predicted octanol–water partition coefficient (Wildman–Crippen LogP) is 2.70. The van der Waals surface area contributed by atoms with Gasteiger partial charge < -0.3 is 5.73 Å². The Bertz CT molecular complexity index is 251. The van der Waals surface area contributed by atoms with Crippen LogP contribution < -0.4 is 5.73 Å². The molecule has 13 heavy (non-hydrogen) atoms. The van der Waals surface area contributed by atoms with E-state index >= 15 is 0 Å². The first kappa shape index (κ1) is 10.0. The molecule has 0 spiro atoms. The molecule has 0 amide bonds. The molecule has 0 saturated carbocycles. The van der Waals surface area contributed by atoms with Crippen LogP contribution in [0.5, 0.6) is 0 Å². The van der Waals surface area contributed by atoms with Gasteiger partial charge in [-0.05, 0) is 24.4 Å². The lowest BCUT2D eigenvalue weighted by molar-refractivity contribution is 0.938. The molecule has 1 unspecified atom stereocenters. The van der Waals surface area contributed by atoms with Crippen LogP contribution in [-0.4, -0.2) is 6.54 Å². The van der Waals surface area contributed by atoms with Crippen molar-refractivity contribution >= 4 is 0 Å². The third kappa shape index (κ3) is 3.43. The largest absolute Gasteiger partial charge is 0.330 e. The first-order chi connectivity index (χ1) is 6.34. The fourth-order valence-electron chi connectivity index (χ4n) is 1.26. The zero-order chi connectivity index (χ0) is 9.52. The summed E-state index contributed by atoms with van der Waals surface area (Å²) >= 11 is 0. The molecule has 0 aromatic heterocycles. The van der Waals surface area contributed by atoms with Crippen LogP contribution in [0.15, 0.2) is 42.5 Å². The molecule has 0 aliphatic heterocycles. The van der Waals surface area contributed by atoms with Gasteiger partial charge >= 0.3 is 0 Å². The second-order valence-corrected chi connectivity index (χ2v) is 3.20. The molecule has 1 aromatic carbocycles. The first-order valence-corrected chi connectivity index (χ1v) is 4.76. The summed E-state index contributed by atoms with van der Waals surface area (Å²) in [5, 5.41) is 0. The minimum atomic E-state index is 0.493. The van der Waals surface area contributed by atoms with Crippen LogP contribution >= 0.6 is 0 Å². The summed E-state index contributed by atoms with van der Waals surface area (Å²) in [4.78, 5) is 0. The Hall–Kier alpha value is -1.08. The summed E-state index contributed by atoms with van der Waals surface area (Å²) in [6.07, 6.45) is 5.33. The van der Waals surface area contributed by atoms with Crippen LogP contribution in [0.25, 0.3) is 0 Å². The fraction of sp³-hybridized carbons (Fsp3) is 0.333. The summed E-state index contributed by atoms with van der Waals surface area (Å²) in [6.45, 7) is 2.93. The number of hydrogen-bond donors (Lipinski definition) is 1. The van der Waals surface area contributed by atoms with Gasteiger partial charge in [-0.15, -0.1) is 0 Å². The maximum absolute atomic E-state index is 5.40. The second kappa shape index (κ2) is 5.55. The molecule has 70 valence electrons. The number of nitrogens with two attached hydrogens (primary N) is 1. The van der Waals surface area contributed by atoms with E-state index in [1.54, 1.807) is 0 Å². The Kier molecular flexibility index (Phi) is 4.27. The lowest BCUT2D eigenvalue weighted by Crippen LogP contribution is -1.96. The van der Waals surface area contributed by atoms with E-state index < -0.39 is 0 Å². The van der Waals surface area contributed by atoms with Crippen molar-refractivity contribution in [2.45, 2.75) is 19.3 Å². The van der Waals surface area contributed by atoms with Gasteiger partial charge in [-0.2, -0.15) is 0 Å². The summed E-state index contributed by atoms with van der Waals surface area (Å²) in [5.74, 6) is 0.493. The molecule has 1 nitrogen and oxygen atoms in total. The average Bonchev–Trinajstić information content (AvgIpc) is 2.19. The first-order valence-electron chi connectivity index (χ1n) is 4.76. The van der Waals surface area contributed by atoms with Gasteiger partial charge in [-0.25, -0.2) is 0 Å². The summed E-state index contributed by atoms with van der Waals surface area (Å²) in [6, 6.07) is 10.5. The van der Waals surface area contributed by atoms with E-state index in [1.165, 1.54) is 5.56 Å². The Morgan fingerprint density at radius 3 is 2.62 bits per heavy atom. The van der Waals surface area contributed by atoms with Gasteiger partial charge in [0.2, 0.25) is 0 Å². The van der Waals surface area contributed by atoms with Gasteiger partial charge in [-0.3, -0.25) is 0 Å². The van der Waals surface area contributed by atoms with E-state index in [0.29, 0.717) is 5.92 Å². The maximum atomic E-state index is 5.40.